The van der Waals surface area contributed by atoms with E-state index in [0.29, 0.717) is 17.9 Å². The molecule has 0 aliphatic rings. The highest BCUT2D eigenvalue weighted by Gasteiger charge is 2.16. The van der Waals surface area contributed by atoms with Gasteiger partial charge in [0.15, 0.2) is 13.0 Å². The first-order chi connectivity index (χ1) is 12.0. The maximum absolute atomic E-state index is 11.9. The first-order valence-electron chi connectivity index (χ1n) is 7.74. The average molecular weight is 365 g/mol. The normalized spacial score (nSPS) is 10.5. The molecule has 1 amide bonds. The molecule has 0 atom stereocenters. The fraction of sp³-hybridized carbons (Fsp3) is 0.375. The molecule has 1 aromatic heterocycles. The van der Waals surface area contributed by atoms with Gasteiger partial charge >= 0.3 is 5.97 Å². The van der Waals surface area contributed by atoms with Gasteiger partial charge in [-0.15, -0.1) is 0 Å². The SMILES string of the molecule is CCCCOC(=O)c1ccc(NC(=O)CSc2c([O-])on[n+]2C)cc1. The minimum Gasteiger partial charge on any atom is -0.538 e. The number of carbonyl (C=O) groups is 2. The van der Waals surface area contributed by atoms with Crippen molar-refractivity contribution >= 4 is 29.3 Å². The second-order valence-electron chi connectivity index (χ2n) is 5.19. The summed E-state index contributed by atoms with van der Waals surface area (Å²) in [7, 11) is 1.56. The van der Waals surface area contributed by atoms with Gasteiger partial charge in [-0.2, -0.15) is 0 Å². The summed E-state index contributed by atoms with van der Waals surface area (Å²) in [4.78, 5) is 23.7. The van der Waals surface area contributed by atoms with E-state index >= 15 is 0 Å². The molecular formula is C16H19N3O5S. The first-order valence-corrected chi connectivity index (χ1v) is 8.72. The molecule has 0 aliphatic heterocycles. The average Bonchev–Trinajstić information content (AvgIpc) is 2.92. The van der Waals surface area contributed by atoms with Crippen molar-refractivity contribution in [1.82, 2.24) is 5.27 Å². The summed E-state index contributed by atoms with van der Waals surface area (Å²) in [5, 5.41) is 17.8. The number of aromatic nitrogens is 2. The van der Waals surface area contributed by atoms with Crippen LogP contribution in [0.5, 0.6) is 5.95 Å². The monoisotopic (exact) mass is 365 g/mol. The molecule has 0 aliphatic carbocycles. The van der Waals surface area contributed by atoms with E-state index in [-0.39, 0.29) is 22.7 Å². The number of esters is 1. The number of rotatable bonds is 8. The van der Waals surface area contributed by atoms with Gasteiger partial charge in [0.2, 0.25) is 5.91 Å². The van der Waals surface area contributed by atoms with E-state index in [1.807, 2.05) is 6.92 Å². The van der Waals surface area contributed by atoms with Crippen molar-refractivity contribution < 1.29 is 28.6 Å². The zero-order valence-electron chi connectivity index (χ0n) is 14.0. The third kappa shape index (κ3) is 5.49. The molecule has 1 aromatic carbocycles. The lowest BCUT2D eigenvalue weighted by Gasteiger charge is -2.06. The summed E-state index contributed by atoms with van der Waals surface area (Å²) >= 11 is 1.03. The molecule has 0 saturated carbocycles. The molecule has 8 nitrogen and oxygen atoms in total. The largest absolute Gasteiger partial charge is 0.538 e. The topological polar surface area (TPSA) is 108 Å². The Morgan fingerprint density at radius 3 is 2.68 bits per heavy atom. The summed E-state index contributed by atoms with van der Waals surface area (Å²) in [6.45, 7) is 2.41. The van der Waals surface area contributed by atoms with Crippen molar-refractivity contribution in [2.24, 2.45) is 7.05 Å². The van der Waals surface area contributed by atoms with Crippen molar-refractivity contribution in [3.63, 3.8) is 0 Å². The quantitative estimate of drug-likeness (QED) is 0.325. The second kappa shape index (κ2) is 9.07. The Labute approximate surface area is 149 Å². The maximum atomic E-state index is 11.9. The number of nitrogens with one attached hydrogen (secondary N) is 1. The van der Waals surface area contributed by atoms with E-state index in [9.17, 15) is 14.7 Å². The highest BCUT2D eigenvalue weighted by molar-refractivity contribution is 7.99. The van der Waals surface area contributed by atoms with E-state index in [1.165, 1.54) is 4.68 Å². The number of hydrogen-bond donors (Lipinski definition) is 1. The predicted molar refractivity (Wildman–Crippen MR) is 88.1 cm³/mol. The number of benzene rings is 1. The van der Waals surface area contributed by atoms with Gasteiger partial charge in [-0.1, -0.05) is 18.0 Å². The van der Waals surface area contributed by atoms with Gasteiger partial charge in [-0.05, 0) is 42.4 Å². The highest BCUT2D eigenvalue weighted by Crippen LogP contribution is 2.21. The van der Waals surface area contributed by atoms with Crippen molar-refractivity contribution in [1.29, 1.82) is 0 Å². The summed E-state index contributed by atoms with van der Waals surface area (Å²) < 4.78 is 10.9. The fourth-order valence-electron chi connectivity index (χ4n) is 1.87. The van der Waals surface area contributed by atoms with Crippen LogP contribution in [0.15, 0.2) is 33.8 Å². The number of ether oxygens (including phenoxy) is 1. The van der Waals surface area contributed by atoms with Crippen molar-refractivity contribution in [2.45, 2.75) is 24.8 Å². The summed E-state index contributed by atoms with van der Waals surface area (Å²) in [5.41, 5.74) is 0.976. The van der Waals surface area contributed by atoms with E-state index < -0.39 is 5.95 Å². The maximum Gasteiger partial charge on any atom is 0.338 e. The van der Waals surface area contributed by atoms with Crippen LogP contribution in [0.3, 0.4) is 0 Å². The van der Waals surface area contributed by atoms with Gasteiger partial charge in [0.25, 0.3) is 5.03 Å². The molecule has 2 rings (SSSR count). The molecule has 2 aromatic rings. The number of thioether (sulfide) groups is 1. The number of aryl methyl sites for hydroxylation is 1. The minimum absolute atomic E-state index is 0.0328. The summed E-state index contributed by atoms with van der Waals surface area (Å²) in [6.07, 6.45) is 1.78. The van der Waals surface area contributed by atoms with Crippen molar-refractivity contribution in [3.05, 3.63) is 29.8 Å². The number of amides is 1. The molecule has 134 valence electrons. The van der Waals surface area contributed by atoms with Crippen LogP contribution in [0, 0.1) is 0 Å². The number of anilines is 1. The Bertz CT molecular complexity index is 710. The molecule has 1 heterocycles. The van der Waals surface area contributed by atoms with Crippen molar-refractivity contribution in [2.75, 3.05) is 17.7 Å². The molecule has 0 fully saturated rings. The zero-order chi connectivity index (χ0) is 18.2. The highest BCUT2D eigenvalue weighted by atomic mass is 32.2. The lowest BCUT2D eigenvalue weighted by atomic mass is 10.2. The molecule has 25 heavy (non-hydrogen) atoms. The lowest BCUT2D eigenvalue weighted by Crippen LogP contribution is -2.32. The Morgan fingerprint density at radius 1 is 1.36 bits per heavy atom. The molecule has 0 unspecified atom stereocenters. The fourth-order valence-corrected chi connectivity index (χ4v) is 2.59. The molecular weight excluding hydrogens is 346 g/mol. The lowest BCUT2D eigenvalue weighted by molar-refractivity contribution is -0.772. The second-order valence-corrected chi connectivity index (χ2v) is 6.16. The Morgan fingerprint density at radius 2 is 2.08 bits per heavy atom. The van der Waals surface area contributed by atoms with Crippen LogP contribution < -0.4 is 15.1 Å². The molecule has 0 bridgehead atoms. The van der Waals surface area contributed by atoms with E-state index in [4.69, 9.17) is 4.74 Å². The number of unbranched alkanes of at least 4 members (excludes halogenated alkanes) is 1. The van der Waals surface area contributed by atoms with Crippen LogP contribution >= 0.6 is 11.8 Å². The van der Waals surface area contributed by atoms with E-state index in [0.717, 1.165) is 24.6 Å². The molecule has 0 radical (unpaired) electrons. The summed E-state index contributed by atoms with van der Waals surface area (Å²) in [5.74, 6) is -1.22. The Kier molecular flexibility index (Phi) is 6.81. The third-order valence-corrected chi connectivity index (χ3v) is 4.30. The van der Waals surface area contributed by atoms with Gasteiger partial charge in [0, 0.05) is 5.69 Å². The smallest absolute Gasteiger partial charge is 0.338 e. The van der Waals surface area contributed by atoms with Gasteiger partial charge in [0.05, 0.1) is 23.2 Å². The molecule has 1 N–H and O–H groups in total. The zero-order valence-corrected chi connectivity index (χ0v) is 14.8. The Balaban J connectivity index is 1.84. The van der Waals surface area contributed by atoms with E-state index in [2.05, 4.69) is 15.1 Å². The summed E-state index contributed by atoms with van der Waals surface area (Å²) in [6, 6.07) is 6.42. The Hall–Kier alpha value is -2.55. The molecule has 0 spiro atoms. The standard InChI is InChI=1S/C16H19N3O5S/c1-3-4-9-23-15(21)11-5-7-12(8-6-11)17-13(20)10-25-14-16(22)24-18-19(14)2/h5-8H,3-4,9-10H2,1-2H3,(H-,17,18,20,21,22). The van der Waals surface area contributed by atoms with Gasteiger partial charge in [-0.3, -0.25) is 4.79 Å². The first kappa shape index (κ1) is 18.8. The van der Waals surface area contributed by atoms with Crippen LogP contribution in [0.25, 0.3) is 0 Å². The van der Waals surface area contributed by atoms with Gasteiger partial charge < -0.3 is 19.7 Å². The molecule has 9 heteroatoms. The predicted octanol–water partition coefficient (Wildman–Crippen LogP) is 1.26. The van der Waals surface area contributed by atoms with Crippen molar-refractivity contribution in [3.8, 4) is 5.95 Å². The van der Waals surface area contributed by atoms with Crippen LogP contribution in [-0.2, 0) is 16.6 Å². The number of carbonyl (C=O) groups excluding carboxylic acids is 2. The van der Waals surface area contributed by atoms with E-state index in [1.54, 1.807) is 31.3 Å². The number of hydrogen-bond acceptors (Lipinski definition) is 7. The third-order valence-electron chi connectivity index (χ3n) is 3.19. The molecule has 0 saturated heterocycles. The van der Waals surface area contributed by atoms with Crippen LogP contribution in [0.4, 0.5) is 5.69 Å². The van der Waals surface area contributed by atoms with Crippen LogP contribution in [-0.4, -0.2) is 29.5 Å². The van der Waals surface area contributed by atoms with Crippen LogP contribution in [0.2, 0.25) is 0 Å². The minimum atomic E-state index is -0.578. The van der Waals surface area contributed by atoms with Gasteiger partial charge in [-0.25, -0.2) is 4.79 Å². The number of nitrogens with zero attached hydrogens (tertiary/aromatic N) is 2. The van der Waals surface area contributed by atoms with Gasteiger partial charge in [0.1, 0.15) is 0 Å². The van der Waals surface area contributed by atoms with Crippen LogP contribution in [0.1, 0.15) is 30.1 Å².